The molecular weight excluding hydrogens is 447 g/mol. The van der Waals surface area contributed by atoms with Gasteiger partial charge in [0.25, 0.3) is 0 Å². The lowest BCUT2D eigenvalue weighted by Crippen LogP contribution is -2.21. The molecule has 26 heavy (non-hydrogen) atoms. The van der Waals surface area contributed by atoms with Gasteiger partial charge in [-0.3, -0.25) is 5.10 Å². The summed E-state index contributed by atoms with van der Waals surface area (Å²) in [5, 5.41) is 16.7. The molecule has 1 aliphatic heterocycles. The van der Waals surface area contributed by atoms with Crippen LogP contribution in [-0.4, -0.2) is 23.4 Å². The van der Waals surface area contributed by atoms with Gasteiger partial charge in [-0.25, -0.2) is 0 Å². The van der Waals surface area contributed by atoms with Crippen molar-refractivity contribution < 1.29 is 14.2 Å². The van der Waals surface area contributed by atoms with Gasteiger partial charge in [0.15, 0.2) is 11.5 Å². The number of hydrogen-bond donors (Lipinski definition) is 2. The topological polar surface area (TPSA) is 106 Å². The van der Waals surface area contributed by atoms with Gasteiger partial charge in [0, 0.05) is 11.3 Å². The molecule has 3 rings (SSSR count). The summed E-state index contributed by atoms with van der Waals surface area (Å²) < 4.78 is 17.9. The standard InChI is InChI=1S/C18H19IN4O3/c1-4-24-13-7-10(6-12(19)16(13)25-5-2)15-11(8-20)17(21)26-18-14(15)9(3)22-23-18/h6-7,15H,4-5,21H2,1-3H3,(H,22,23). The van der Waals surface area contributed by atoms with Crippen molar-refractivity contribution >= 4 is 22.6 Å². The molecule has 0 saturated carbocycles. The number of ether oxygens (including phenoxy) is 3. The van der Waals surface area contributed by atoms with E-state index in [9.17, 15) is 5.26 Å². The highest BCUT2D eigenvalue weighted by atomic mass is 127. The van der Waals surface area contributed by atoms with Crippen LogP contribution < -0.4 is 19.9 Å². The summed E-state index contributed by atoms with van der Waals surface area (Å²) in [7, 11) is 0. The third-order valence-electron chi connectivity index (χ3n) is 4.08. The highest BCUT2D eigenvalue weighted by Crippen LogP contribution is 2.45. The zero-order valence-corrected chi connectivity index (χ0v) is 16.9. The molecule has 0 aliphatic carbocycles. The molecule has 0 saturated heterocycles. The number of benzene rings is 1. The Morgan fingerprint density at radius 1 is 1.35 bits per heavy atom. The lowest BCUT2D eigenvalue weighted by atomic mass is 9.84. The molecule has 0 amide bonds. The molecule has 3 N–H and O–H groups in total. The normalized spacial score (nSPS) is 15.9. The number of nitriles is 1. The van der Waals surface area contributed by atoms with Crippen molar-refractivity contribution in [3.63, 3.8) is 0 Å². The van der Waals surface area contributed by atoms with E-state index in [-0.39, 0.29) is 11.8 Å². The Bertz CT molecular complexity index is 914. The van der Waals surface area contributed by atoms with Crippen LogP contribution >= 0.6 is 22.6 Å². The van der Waals surface area contributed by atoms with E-state index in [1.807, 2.05) is 32.9 Å². The van der Waals surface area contributed by atoms with Crippen LogP contribution in [0.4, 0.5) is 0 Å². The average molecular weight is 466 g/mol. The zero-order valence-electron chi connectivity index (χ0n) is 14.7. The number of aromatic nitrogens is 2. The first-order valence-electron chi connectivity index (χ1n) is 8.23. The van der Waals surface area contributed by atoms with Crippen molar-refractivity contribution in [2.24, 2.45) is 5.73 Å². The summed E-state index contributed by atoms with van der Waals surface area (Å²) in [6.07, 6.45) is 0. The van der Waals surface area contributed by atoms with E-state index < -0.39 is 0 Å². The number of halogens is 1. The van der Waals surface area contributed by atoms with Gasteiger partial charge < -0.3 is 19.9 Å². The zero-order chi connectivity index (χ0) is 18.8. The molecule has 0 spiro atoms. The number of fused-ring (bicyclic) bond motifs is 1. The molecule has 2 heterocycles. The van der Waals surface area contributed by atoms with Crippen LogP contribution in [0.1, 0.15) is 36.6 Å². The van der Waals surface area contributed by atoms with Crippen molar-refractivity contribution in [1.29, 1.82) is 5.26 Å². The van der Waals surface area contributed by atoms with E-state index in [0.717, 1.165) is 20.4 Å². The van der Waals surface area contributed by atoms with Crippen LogP contribution in [-0.2, 0) is 0 Å². The quantitative estimate of drug-likeness (QED) is 0.655. The van der Waals surface area contributed by atoms with Crippen LogP contribution in [0.5, 0.6) is 17.4 Å². The first-order chi connectivity index (χ1) is 12.5. The predicted molar refractivity (Wildman–Crippen MR) is 104 cm³/mol. The predicted octanol–water partition coefficient (Wildman–Crippen LogP) is 3.34. The first-order valence-corrected chi connectivity index (χ1v) is 9.31. The number of aryl methyl sites for hydroxylation is 1. The van der Waals surface area contributed by atoms with Crippen LogP contribution in [0.15, 0.2) is 23.6 Å². The first kappa shape index (κ1) is 18.4. The van der Waals surface area contributed by atoms with Gasteiger partial charge in [-0.15, -0.1) is 5.10 Å². The molecule has 7 nitrogen and oxygen atoms in total. The van der Waals surface area contributed by atoms with Gasteiger partial charge in [-0.2, -0.15) is 5.26 Å². The monoisotopic (exact) mass is 466 g/mol. The largest absolute Gasteiger partial charge is 0.490 e. The van der Waals surface area contributed by atoms with E-state index in [1.54, 1.807) is 0 Å². The number of nitrogens with one attached hydrogen (secondary N) is 1. The number of rotatable bonds is 5. The molecule has 0 bridgehead atoms. The third kappa shape index (κ3) is 3.07. The summed E-state index contributed by atoms with van der Waals surface area (Å²) in [6, 6.07) is 6.06. The average Bonchev–Trinajstić information content (AvgIpc) is 2.97. The van der Waals surface area contributed by atoms with Crippen molar-refractivity contribution in [3.05, 3.63) is 44.0 Å². The van der Waals surface area contributed by atoms with Crippen LogP contribution in [0.25, 0.3) is 0 Å². The Kier molecular flexibility index (Phi) is 5.27. The SMILES string of the molecule is CCOc1cc(C2C(C#N)=C(N)Oc3n[nH]c(C)c32)cc(I)c1OCC. The Labute approximate surface area is 165 Å². The second-order valence-electron chi connectivity index (χ2n) is 5.69. The fourth-order valence-electron chi connectivity index (χ4n) is 3.03. The highest BCUT2D eigenvalue weighted by molar-refractivity contribution is 14.1. The van der Waals surface area contributed by atoms with Crippen LogP contribution in [0, 0.1) is 21.8 Å². The van der Waals surface area contributed by atoms with E-state index in [2.05, 4.69) is 38.9 Å². The molecule has 1 aliphatic rings. The Hall–Kier alpha value is -2.41. The van der Waals surface area contributed by atoms with Crippen LogP contribution in [0.3, 0.4) is 0 Å². The number of nitrogens with two attached hydrogens (primary N) is 1. The summed E-state index contributed by atoms with van der Waals surface area (Å²) >= 11 is 2.21. The lowest BCUT2D eigenvalue weighted by molar-refractivity contribution is 0.285. The summed E-state index contributed by atoms with van der Waals surface area (Å²) in [6.45, 7) is 6.78. The fourth-order valence-corrected chi connectivity index (χ4v) is 3.82. The molecular formula is C18H19IN4O3. The maximum absolute atomic E-state index is 9.67. The van der Waals surface area contributed by atoms with Gasteiger partial charge in [0.2, 0.25) is 11.8 Å². The minimum Gasteiger partial charge on any atom is -0.490 e. The summed E-state index contributed by atoms with van der Waals surface area (Å²) in [4.78, 5) is 0. The third-order valence-corrected chi connectivity index (χ3v) is 4.88. The molecule has 1 aromatic carbocycles. The molecule has 1 unspecified atom stereocenters. The van der Waals surface area contributed by atoms with Gasteiger partial charge in [-0.1, -0.05) is 0 Å². The summed E-state index contributed by atoms with van der Waals surface area (Å²) in [5.41, 5.74) is 8.83. The van der Waals surface area contributed by atoms with Crippen molar-refractivity contribution in [2.45, 2.75) is 26.7 Å². The van der Waals surface area contributed by atoms with Crippen molar-refractivity contribution in [2.75, 3.05) is 13.2 Å². The van der Waals surface area contributed by atoms with Crippen LogP contribution in [0.2, 0.25) is 0 Å². The minimum absolute atomic E-state index is 0.0679. The number of hydrogen-bond acceptors (Lipinski definition) is 6. The number of nitrogens with zero attached hydrogens (tertiary/aromatic N) is 2. The minimum atomic E-state index is -0.383. The second kappa shape index (κ2) is 7.45. The Morgan fingerprint density at radius 2 is 2.08 bits per heavy atom. The molecule has 0 fully saturated rings. The molecule has 136 valence electrons. The Balaban J connectivity index is 2.21. The second-order valence-corrected chi connectivity index (χ2v) is 6.85. The number of aromatic amines is 1. The van der Waals surface area contributed by atoms with Crippen molar-refractivity contribution in [3.8, 4) is 23.4 Å². The van der Waals surface area contributed by atoms with Gasteiger partial charge >= 0.3 is 0 Å². The summed E-state index contributed by atoms with van der Waals surface area (Å²) in [5.74, 6) is 1.42. The molecule has 2 aromatic rings. The maximum atomic E-state index is 9.67. The smallest absolute Gasteiger partial charge is 0.244 e. The van der Waals surface area contributed by atoms with Gasteiger partial charge in [0.05, 0.1) is 22.7 Å². The van der Waals surface area contributed by atoms with Crippen molar-refractivity contribution in [1.82, 2.24) is 10.2 Å². The number of allylic oxidation sites excluding steroid dienone is 1. The molecule has 8 heteroatoms. The number of H-pyrrole nitrogens is 1. The van der Waals surface area contributed by atoms with Gasteiger partial charge in [-0.05, 0) is 61.1 Å². The van der Waals surface area contributed by atoms with E-state index >= 15 is 0 Å². The van der Waals surface area contributed by atoms with E-state index in [0.29, 0.717) is 36.2 Å². The molecule has 1 aromatic heterocycles. The molecule has 1 atom stereocenters. The molecule has 0 radical (unpaired) electrons. The highest BCUT2D eigenvalue weighted by Gasteiger charge is 2.35. The fraction of sp³-hybridized carbons (Fsp3) is 0.333. The van der Waals surface area contributed by atoms with E-state index in [1.165, 1.54) is 0 Å². The van der Waals surface area contributed by atoms with E-state index in [4.69, 9.17) is 19.9 Å². The lowest BCUT2D eigenvalue weighted by Gasteiger charge is -2.25. The maximum Gasteiger partial charge on any atom is 0.244 e. The Morgan fingerprint density at radius 3 is 2.73 bits per heavy atom. The van der Waals surface area contributed by atoms with Gasteiger partial charge in [0.1, 0.15) is 11.6 Å².